The minimum atomic E-state index is -4.74. The molecule has 1 unspecified atom stereocenters. The predicted molar refractivity (Wildman–Crippen MR) is 75.5 cm³/mol. The first-order valence-electron chi connectivity index (χ1n) is 5.72. The van der Waals surface area contributed by atoms with E-state index in [0.29, 0.717) is 12.5 Å². The van der Waals surface area contributed by atoms with E-state index in [1.807, 2.05) is 0 Å². The quantitative estimate of drug-likeness (QED) is 0.472. The number of carboxylic acid groups (broad SMARTS) is 1. The molecule has 0 spiro atoms. The summed E-state index contributed by atoms with van der Waals surface area (Å²) in [5.41, 5.74) is -0.768. The molecule has 0 heterocycles. The maximum absolute atomic E-state index is 11.8. The third-order valence-electron chi connectivity index (χ3n) is 2.61. The Morgan fingerprint density at radius 2 is 1.90 bits per heavy atom. The van der Waals surface area contributed by atoms with Crippen LogP contribution in [0.25, 0.3) is 0 Å². The molecule has 112 valence electrons. The Morgan fingerprint density at radius 3 is 2.33 bits per heavy atom. The fraction of sp³-hybridized carbons (Fsp3) is 0.333. The molecule has 1 rings (SSSR count). The molecule has 9 heteroatoms. The van der Waals surface area contributed by atoms with Crippen LogP contribution in [0.4, 0.5) is 0 Å². The fourth-order valence-corrected chi connectivity index (χ4v) is 2.07. The zero-order chi connectivity index (χ0) is 15.5. The summed E-state index contributed by atoms with van der Waals surface area (Å²) in [6, 6.07) is 2.77. The number of carboxylic acids is 1. The van der Waals surface area contributed by atoms with E-state index >= 15 is 0 Å². The van der Waals surface area contributed by atoms with Gasteiger partial charge >= 0.3 is 30.8 Å². The molecule has 0 radical (unpaired) electrons. The number of aromatic carboxylic acids is 1. The molecule has 7 nitrogen and oxygen atoms in total. The standard InChI is InChI=1S/C12H14O7S.Li.H/c1-3-7(2)19-12(15)9-5-4-8(11(13)14)6-10(9)20(16,17)18;;/h4-7H,3H2,1-2H3,(H,13,14)(H,16,17,18);;. The second-order valence-electron chi connectivity index (χ2n) is 4.12. The SMILES string of the molecule is CCC(C)OC(=O)c1ccc(C(=O)O)cc1S(=O)(=O)O.[LiH]. The normalized spacial score (nSPS) is 12.1. The van der Waals surface area contributed by atoms with Crippen molar-refractivity contribution >= 4 is 40.9 Å². The first-order chi connectivity index (χ1) is 9.16. The van der Waals surface area contributed by atoms with Crippen molar-refractivity contribution in [3.63, 3.8) is 0 Å². The first kappa shape index (κ1) is 19.7. The van der Waals surface area contributed by atoms with Crippen LogP contribution in [0.5, 0.6) is 0 Å². The van der Waals surface area contributed by atoms with E-state index < -0.39 is 38.6 Å². The maximum atomic E-state index is 11.8. The van der Waals surface area contributed by atoms with Crippen LogP contribution in [-0.4, -0.2) is 55.0 Å². The minimum absolute atomic E-state index is 0. The van der Waals surface area contributed by atoms with Crippen molar-refractivity contribution in [1.29, 1.82) is 0 Å². The molecular weight excluding hydrogens is 295 g/mol. The van der Waals surface area contributed by atoms with Gasteiger partial charge in [0.1, 0.15) is 4.90 Å². The van der Waals surface area contributed by atoms with Gasteiger partial charge in [-0.1, -0.05) is 6.92 Å². The van der Waals surface area contributed by atoms with Gasteiger partial charge in [-0.05, 0) is 31.5 Å². The average molecular weight is 310 g/mol. The number of rotatable bonds is 5. The monoisotopic (exact) mass is 310 g/mol. The van der Waals surface area contributed by atoms with Crippen molar-refractivity contribution in [2.75, 3.05) is 0 Å². The van der Waals surface area contributed by atoms with Crippen molar-refractivity contribution in [2.45, 2.75) is 31.3 Å². The van der Waals surface area contributed by atoms with Gasteiger partial charge in [0.05, 0.1) is 17.2 Å². The van der Waals surface area contributed by atoms with Crippen molar-refractivity contribution in [3.05, 3.63) is 29.3 Å². The van der Waals surface area contributed by atoms with Crippen LogP contribution in [0.2, 0.25) is 0 Å². The Hall–Kier alpha value is -1.33. The molecule has 0 fully saturated rings. The van der Waals surface area contributed by atoms with E-state index in [4.69, 9.17) is 14.4 Å². The topological polar surface area (TPSA) is 118 Å². The molecule has 21 heavy (non-hydrogen) atoms. The second kappa shape index (κ2) is 7.61. The molecule has 1 atom stereocenters. The summed E-state index contributed by atoms with van der Waals surface area (Å²) in [7, 11) is -4.74. The summed E-state index contributed by atoms with van der Waals surface area (Å²) in [5, 5.41) is 8.80. The predicted octanol–water partition coefficient (Wildman–Crippen LogP) is 0.938. The van der Waals surface area contributed by atoms with Gasteiger partial charge in [0.2, 0.25) is 0 Å². The van der Waals surface area contributed by atoms with Gasteiger partial charge in [0.15, 0.2) is 0 Å². The summed E-state index contributed by atoms with van der Waals surface area (Å²) in [5.74, 6) is -2.32. The first-order valence-corrected chi connectivity index (χ1v) is 7.16. The Balaban J connectivity index is 0.00000400. The summed E-state index contributed by atoms with van der Waals surface area (Å²) in [4.78, 5) is 21.8. The number of ether oxygens (including phenoxy) is 1. The molecule has 0 saturated heterocycles. The number of hydrogen-bond donors (Lipinski definition) is 2. The molecule has 0 bridgehead atoms. The molecule has 0 saturated carbocycles. The number of carbonyl (C=O) groups excluding carboxylic acids is 1. The summed E-state index contributed by atoms with van der Waals surface area (Å²) in [6.07, 6.45) is 0.0936. The molecule has 0 aliphatic heterocycles. The van der Waals surface area contributed by atoms with Gasteiger partial charge in [-0.15, -0.1) is 0 Å². The summed E-state index contributed by atoms with van der Waals surface area (Å²) >= 11 is 0. The van der Waals surface area contributed by atoms with Crippen molar-refractivity contribution < 1.29 is 32.4 Å². The van der Waals surface area contributed by atoms with Crippen molar-refractivity contribution in [3.8, 4) is 0 Å². The average Bonchev–Trinajstić information content (AvgIpc) is 2.36. The molecule has 0 aromatic heterocycles. The van der Waals surface area contributed by atoms with Crippen LogP contribution < -0.4 is 0 Å². The molecule has 0 aliphatic carbocycles. The van der Waals surface area contributed by atoms with Gasteiger partial charge in [-0.3, -0.25) is 4.55 Å². The summed E-state index contributed by atoms with van der Waals surface area (Å²) in [6.45, 7) is 3.39. The third-order valence-corrected chi connectivity index (χ3v) is 3.50. The van der Waals surface area contributed by atoms with Gasteiger partial charge in [0, 0.05) is 0 Å². The van der Waals surface area contributed by atoms with Crippen LogP contribution in [0, 0.1) is 0 Å². The molecule has 2 N–H and O–H groups in total. The number of benzene rings is 1. The van der Waals surface area contributed by atoms with E-state index in [1.165, 1.54) is 0 Å². The molecule has 1 aromatic carbocycles. The van der Waals surface area contributed by atoms with Crippen molar-refractivity contribution in [2.24, 2.45) is 0 Å². The second-order valence-corrected chi connectivity index (χ2v) is 5.51. The Labute approximate surface area is 134 Å². The third kappa shape index (κ3) is 5.17. The zero-order valence-electron chi connectivity index (χ0n) is 10.9. The van der Waals surface area contributed by atoms with E-state index in [9.17, 15) is 18.0 Å². The molecule has 0 aliphatic rings. The number of hydrogen-bond acceptors (Lipinski definition) is 5. The van der Waals surface area contributed by atoms with E-state index in [-0.39, 0.29) is 24.4 Å². The van der Waals surface area contributed by atoms with Gasteiger partial charge < -0.3 is 9.84 Å². The van der Waals surface area contributed by atoms with Gasteiger partial charge in [-0.25, -0.2) is 9.59 Å². The van der Waals surface area contributed by atoms with E-state index in [2.05, 4.69) is 0 Å². The van der Waals surface area contributed by atoms with Gasteiger partial charge in [-0.2, -0.15) is 8.42 Å². The Kier molecular flexibility index (Phi) is 7.13. The number of esters is 1. The summed E-state index contributed by atoms with van der Waals surface area (Å²) < 4.78 is 36.5. The van der Waals surface area contributed by atoms with Crippen LogP contribution in [0.15, 0.2) is 23.1 Å². The molecule has 1 aromatic rings. The zero-order valence-corrected chi connectivity index (χ0v) is 11.7. The van der Waals surface area contributed by atoms with E-state index in [1.54, 1.807) is 13.8 Å². The molecule has 0 amide bonds. The van der Waals surface area contributed by atoms with Gasteiger partial charge in [0.25, 0.3) is 10.1 Å². The molecular formula is C12H15LiO7S. The van der Waals surface area contributed by atoms with Crippen LogP contribution in [0.1, 0.15) is 41.0 Å². The van der Waals surface area contributed by atoms with Crippen LogP contribution in [-0.2, 0) is 14.9 Å². The Morgan fingerprint density at radius 1 is 1.33 bits per heavy atom. The van der Waals surface area contributed by atoms with Crippen LogP contribution in [0.3, 0.4) is 0 Å². The van der Waals surface area contributed by atoms with E-state index in [0.717, 1.165) is 12.1 Å². The number of carbonyl (C=O) groups is 2. The van der Waals surface area contributed by atoms with Crippen LogP contribution >= 0.6 is 0 Å². The fourth-order valence-electron chi connectivity index (χ4n) is 1.37. The Bertz CT molecular complexity index is 639. The van der Waals surface area contributed by atoms with Crippen molar-refractivity contribution in [1.82, 2.24) is 0 Å².